The van der Waals surface area contributed by atoms with E-state index in [1.165, 1.54) is 0 Å². The van der Waals surface area contributed by atoms with Crippen LogP contribution in [0.3, 0.4) is 0 Å². The molecule has 0 aliphatic rings. The van der Waals surface area contributed by atoms with Crippen LogP contribution >= 0.6 is 11.3 Å². The summed E-state index contributed by atoms with van der Waals surface area (Å²) in [6.07, 6.45) is 0.748. The minimum Gasteiger partial charge on any atom is -0.497 e. The molecule has 3 rings (SSSR count). The number of hydrogen-bond acceptors (Lipinski definition) is 6. The Bertz CT molecular complexity index is 843. The Kier molecular flexibility index (Phi) is 5.68. The molecule has 0 fully saturated rings. The number of aromatic nitrogens is 2. The van der Waals surface area contributed by atoms with Gasteiger partial charge in [0, 0.05) is 30.8 Å². The van der Waals surface area contributed by atoms with Crippen LogP contribution in [0.15, 0.2) is 45.6 Å². The van der Waals surface area contributed by atoms with Gasteiger partial charge in [0.15, 0.2) is 0 Å². The monoisotopic (exact) mass is 371 g/mol. The molecule has 0 aliphatic heterocycles. The number of methoxy groups -OCH3 is 1. The van der Waals surface area contributed by atoms with E-state index in [2.05, 4.69) is 10.1 Å². The average molecular weight is 371 g/mol. The van der Waals surface area contributed by atoms with E-state index >= 15 is 0 Å². The molecule has 1 unspecified atom stereocenters. The van der Waals surface area contributed by atoms with Gasteiger partial charge in [0.2, 0.25) is 17.6 Å². The molecule has 6 nitrogen and oxygen atoms in total. The van der Waals surface area contributed by atoms with Gasteiger partial charge >= 0.3 is 0 Å². The highest BCUT2D eigenvalue weighted by atomic mass is 32.1. The normalized spacial score (nSPS) is 12.0. The number of amides is 1. The molecular formula is C19H21N3O3S. The number of aryl methyl sites for hydroxylation is 1. The standard InChI is InChI=1S/C19H21N3O3S/c1-13(14-4-6-16(24-3)7-5-14)22(2)18(23)9-8-17-20-19(21-25-17)15-10-11-26-12-15/h4-7,10-13H,8-9H2,1-3H3. The maximum Gasteiger partial charge on any atom is 0.227 e. The number of thiophene rings is 1. The van der Waals surface area contributed by atoms with Gasteiger partial charge < -0.3 is 14.2 Å². The summed E-state index contributed by atoms with van der Waals surface area (Å²) in [7, 11) is 3.44. The molecule has 7 heteroatoms. The van der Waals surface area contributed by atoms with Gasteiger partial charge in [0.05, 0.1) is 13.2 Å². The SMILES string of the molecule is COc1ccc(C(C)N(C)C(=O)CCc2nc(-c3ccsc3)no2)cc1. The van der Waals surface area contributed by atoms with Gasteiger partial charge in [-0.3, -0.25) is 4.79 Å². The minimum absolute atomic E-state index is 0.0301. The lowest BCUT2D eigenvalue weighted by Crippen LogP contribution is -2.29. The fourth-order valence-electron chi connectivity index (χ4n) is 2.58. The second-order valence-electron chi connectivity index (χ2n) is 5.98. The van der Waals surface area contributed by atoms with Gasteiger partial charge in [0.1, 0.15) is 5.75 Å². The molecule has 0 spiro atoms. The predicted octanol–water partition coefficient (Wildman–Crippen LogP) is 3.96. The average Bonchev–Trinajstić information content (AvgIpc) is 3.36. The molecule has 0 saturated carbocycles. The van der Waals surface area contributed by atoms with E-state index in [0.29, 0.717) is 24.6 Å². The molecule has 0 saturated heterocycles. The maximum atomic E-state index is 12.5. The third-order valence-electron chi connectivity index (χ3n) is 4.37. The van der Waals surface area contributed by atoms with Crippen molar-refractivity contribution >= 4 is 17.2 Å². The van der Waals surface area contributed by atoms with Crippen molar-refractivity contribution in [1.82, 2.24) is 15.0 Å². The molecule has 0 bridgehead atoms. The quantitative estimate of drug-likeness (QED) is 0.629. The number of hydrogen-bond donors (Lipinski definition) is 0. The number of carbonyl (C=O) groups is 1. The summed E-state index contributed by atoms with van der Waals surface area (Å²) in [5.74, 6) is 1.87. The van der Waals surface area contributed by atoms with E-state index in [1.807, 2.05) is 55.1 Å². The molecule has 2 heterocycles. The van der Waals surface area contributed by atoms with Crippen LogP contribution in [0.2, 0.25) is 0 Å². The first-order chi connectivity index (χ1) is 12.6. The molecular weight excluding hydrogens is 350 g/mol. The van der Waals surface area contributed by atoms with Gasteiger partial charge in [-0.15, -0.1) is 0 Å². The van der Waals surface area contributed by atoms with Crippen molar-refractivity contribution in [3.63, 3.8) is 0 Å². The van der Waals surface area contributed by atoms with E-state index in [-0.39, 0.29) is 11.9 Å². The number of benzene rings is 1. The predicted molar refractivity (Wildman–Crippen MR) is 100 cm³/mol. The zero-order valence-corrected chi connectivity index (χ0v) is 15.8. The van der Waals surface area contributed by atoms with E-state index in [9.17, 15) is 4.79 Å². The number of ether oxygens (including phenoxy) is 1. The summed E-state index contributed by atoms with van der Waals surface area (Å²) in [4.78, 5) is 18.6. The fraction of sp³-hybridized carbons (Fsp3) is 0.316. The van der Waals surface area contributed by atoms with Crippen molar-refractivity contribution in [2.45, 2.75) is 25.8 Å². The summed E-state index contributed by atoms with van der Waals surface area (Å²) in [5.41, 5.74) is 1.99. The first kappa shape index (κ1) is 18.1. The second-order valence-corrected chi connectivity index (χ2v) is 6.76. The van der Waals surface area contributed by atoms with Crippen LogP contribution in [-0.4, -0.2) is 35.1 Å². The van der Waals surface area contributed by atoms with Crippen LogP contribution < -0.4 is 4.74 Å². The van der Waals surface area contributed by atoms with Gasteiger partial charge in [-0.2, -0.15) is 16.3 Å². The Morgan fingerprint density at radius 2 is 2.08 bits per heavy atom. The Hall–Kier alpha value is -2.67. The van der Waals surface area contributed by atoms with Crippen molar-refractivity contribution in [3.8, 4) is 17.1 Å². The Morgan fingerprint density at radius 1 is 1.31 bits per heavy atom. The number of rotatable bonds is 7. The van der Waals surface area contributed by atoms with Crippen LogP contribution in [0, 0.1) is 0 Å². The zero-order chi connectivity index (χ0) is 18.5. The van der Waals surface area contributed by atoms with Crippen molar-refractivity contribution in [2.24, 2.45) is 0 Å². The summed E-state index contributed by atoms with van der Waals surface area (Å²) in [5, 5.41) is 7.89. The molecule has 3 aromatic rings. The van der Waals surface area contributed by atoms with Crippen molar-refractivity contribution in [2.75, 3.05) is 14.2 Å². The molecule has 0 radical (unpaired) electrons. The molecule has 1 amide bonds. The first-order valence-electron chi connectivity index (χ1n) is 8.33. The summed E-state index contributed by atoms with van der Waals surface area (Å²) in [6, 6.07) is 9.65. The van der Waals surface area contributed by atoms with E-state index < -0.39 is 0 Å². The second kappa shape index (κ2) is 8.14. The summed E-state index contributed by atoms with van der Waals surface area (Å²) >= 11 is 1.58. The van der Waals surface area contributed by atoms with E-state index in [1.54, 1.807) is 23.3 Å². The van der Waals surface area contributed by atoms with Gasteiger partial charge in [0.25, 0.3) is 0 Å². The summed E-state index contributed by atoms with van der Waals surface area (Å²) in [6.45, 7) is 2.00. The highest BCUT2D eigenvalue weighted by Gasteiger charge is 2.18. The van der Waals surface area contributed by atoms with Crippen LogP contribution in [0.25, 0.3) is 11.4 Å². The van der Waals surface area contributed by atoms with Crippen LogP contribution in [0.1, 0.15) is 30.8 Å². The largest absolute Gasteiger partial charge is 0.497 e. The molecule has 136 valence electrons. The Labute approximate surface area is 156 Å². The highest BCUT2D eigenvalue weighted by molar-refractivity contribution is 7.08. The Morgan fingerprint density at radius 3 is 2.73 bits per heavy atom. The highest BCUT2D eigenvalue weighted by Crippen LogP contribution is 2.23. The van der Waals surface area contributed by atoms with Crippen molar-refractivity contribution in [3.05, 3.63) is 52.5 Å². The van der Waals surface area contributed by atoms with Crippen LogP contribution in [-0.2, 0) is 11.2 Å². The van der Waals surface area contributed by atoms with Gasteiger partial charge in [-0.05, 0) is 36.1 Å². The maximum absolute atomic E-state index is 12.5. The van der Waals surface area contributed by atoms with E-state index in [4.69, 9.17) is 9.26 Å². The number of carbonyl (C=O) groups excluding carboxylic acids is 1. The minimum atomic E-state index is -0.0301. The lowest BCUT2D eigenvalue weighted by molar-refractivity contribution is -0.131. The summed E-state index contributed by atoms with van der Waals surface area (Å²) < 4.78 is 10.4. The van der Waals surface area contributed by atoms with Crippen molar-refractivity contribution < 1.29 is 14.1 Å². The fourth-order valence-corrected chi connectivity index (χ4v) is 3.21. The third-order valence-corrected chi connectivity index (χ3v) is 5.06. The third kappa shape index (κ3) is 4.11. The first-order valence-corrected chi connectivity index (χ1v) is 9.27. The lowest BCUT2D eigenvalue weighted by atomic mass is 10.1. The van der Waals surface area contributed by atoms with Crippen LogP contribution in [0.4, 0.5) is 0 Å². The van der Waals surface area contributed by atoms with E-state index in [0.717, 1.165) is 16.9 Å². The molecule has 26 heavy (non-hydrogen) atoms. The Balaban J connectivity index is 1.56. The molecule has 2 aromatic heterocycles. The van der Waals surface area contributed by atoms with Gasteiger partial charge in [-0.25, -0.2) is 0 Å². The van der Waals surface area contributed by atoms with Gasteiger partial charge in [-0.1, -0.05) is 17.3 Å². The smallest absolute Gasteiger partial charge is 0.227 e. The molecule has 1 aromatic carbocycles. The molecule has 0 aliphatic carbocycles. The van der Waals surface area contributed by atoms with Crippen molar-refractivity contribution in [1.29, 1.82) is 0 Å². The zero-order valence-electron chi connectivity index (χ0n) is 15.0. The number of nitrogens with zero attached hydrogens (tertiary/aromatic N) is 3. The molecule has 0 N–H and O–H groups in total. The lowest BCUT2D eigenvalue weighted by Gasteiger charge is -2.25. The topological polar surface area (TPSA) is 68.5 Å². The molecule has 1 atom stereocenters. The van der Waals surface area contributed by atoms with Crippen LogP contribution in [0.5, 0.6) is 5.75 Å².